The van der Waals surface area contributed by atoms with Gasteiger partial charge in [0.2, 0.25) is 0 Å². The number of para-hydroxylation sites is 1. The molecule has 3 N–H and O–H groups in total. The Morgan fingerprint density at radius 1 is 1.14 bits per heavy atom. The maximum Gasteiger partial charge on any atom is 0.315 e. The smallest absolute Gasteiger partial charge is 0.315 e. The van der Waals surface area contributed by atoms with E-state index in [9.17, 15) is 23.1 Å². The first-order valence-corrected chi connectivity index (χ1v) is 8.86. The number of aliphatic hydroxyl groups is 1. The molecule has 6 nitrogen and oxygen atoms in total. The van der Waals surface area contributed by atoms with Crippen molar-refractivity contribution in [2.45, 2.75) is 12.5 Å². The summed E-state index contributed by atoms with van der Waals surface area (Å²) in [5.74, 6) is -4.39. The molecule has 152 valence electrons. The first kappa shape index (κ1) is 20.4. The fraction of sp³-hybridized carbons (Fsp3) is 0.200. The van der Waals surface area contributed by atoms with E-state index in [0.717, 1.165) is 23.4 Å². The summed E-state index contributed by atoms with van der Waals surface area (Å²) in [5, 5.41) is 18.7. The predicted octanol–water partition coefficient (Wildman–Crippen LogP) is 2.86. The average Bonchev–Trinajstić information content (AvgIpc) is 3.19. The van der Waals surface area contributed by atoms with E-state index >= 15 is 0 Å². The monoisotopic (exact) mass is 404 g/mol. The number of benzene rings is 2. The van der Waals surface area contributed by atoms with Crippen molar-refractivity contribution in [1.29, 1.82) is 0 Å². The number of nitrogens with zero attached hydrogens (tertiary/aromatic N) is 2. The van der Waals surface area contributed by atoms with Gasteiger partial charge in [-0.25, -0.2) is 22.6 Å². The van der Waals surface area contributed by atoms with Crippen molar-refractivity contribution in [3.8, 4) is 5.69 Å². The molecule has 0 bridgehead atoms. The quantitative estimate of drug-likeness (QED) is 0.530. The Hall–Kier alpha value is -3.33. The van der Waals surface area contributed by atoms with Crippen molar-refractivity contribution in [2.75, 3.05) is 13.2 Å². The Kier molecular flexibility index (Phi) is 6.50. The lowest BCUT2D eigenvalue weighted by Crippen LogP contribution is -2.40. The van der Waals surface area contributed by atoms with Gasteiger partial charge in [0.15, 0.2) is 17.5 Å². The van der Waals surface area contributed by atoms with Crippen molar-refractivity contribution in [1.82, 2.24) is 20.4 Å². The van der Waals surface area contributed by atoms with Crippen LogP contribution in [-0.2, 0) is 6.42 Å². The van der Waals surface area contributed by atoms with Gasteiger partial charge in [-0.2, -0.15) is 5.10 Å². The van der Waals surface area contributed by atoms with E-state index < -0.39 is 36.1 Å². The number of carbonyl (C=O) groups excluding carboxylic acids is 1. The number of aromatic nitrogens is 2. The van der Waals surface area contributed by atoms with Gasteiger partial charge in [-0.3, -0.25) is 0 Å². The number of rotatable bonds is 7. The number of hydrogen-bond donors (Lipinski definition) is 3. The largest absolute Gasteiger partial charge is 0.394 e. The summed E-state index contributed by atoms with van der Waals surface area (Å²) in [6.45, 7) is -0.335. The average molecular weight is 404 g/mol. The van der Waals surface area contributed by atoms with Gasteiger partial charge in [0.05, 0.1) is 24.5 Å². The molecule has 3 rings (SSSR count). The summed E-state index contributed by atoms with van der Waals surface area (Å²) in [6, 6.07) is 9.29. The summed E-state index contributed by atoms with van der Waals surface area (Å²) >= 11 is 0. The van der Waals surface area contributed by atoms with Crippen LogP contribution in [0.15, 0.2) is 54.9 Å². The second kappa shape index (κ2) is 9.24. The van der Waals surface area contributed by atoms with E-state index in [0.29, 0.717) is 6.42 Å². The van der Waals surface area contributed by atoms with Gasteiger partial charge < -0.3 is 15.7 Å². The van der Waals surface area contributed by atoms with Gasteiger partial charge in [0.1, 0.15) is 0 Å². The molecule has 3 aromatic rings. The highest BCUT2D eigenvalue weighted by Gasteiger charge is 2.18. The lowest BCUT2D eigenvalue weighted by molar-refractivity contribution is 0.216. The summed E-state index contributed by atoms with van der Waals surface area (Å²) in [7, 11) is 0. The Balaban J connectivity index is 1.52. The molecule has 0 radical (unpaired) electrons. The van der Waals surface area contributed by atoms with Crippen LogP contribution in [0.2, 0.25) is 0 Å². The first-order valence-electron chi connectivity index (χ1n) is 8.86. The Morgan fingerprint density at radius 2 is 1.83 bits per heavy atom. The van der Waals surface area contributed by atoms with Crippen LogP contribution in [0.5, 0.6) is 0 Å². The Labute approximate surface area is 165 Å². The highest BCUT2D eigenvalue weighted by Crippen LogP contribution is 2.19. The molecule has 0 spiro atoms. The predicted molar refractivity (Wildman–Crippen MR) is 99.9 cm³/mol. The molecule has 0 saturated heterocycles. The molecule has 2 aromatic carbocycles. The number of carbonyl (C=O) groups is 1. The minimum atomic E-state index is -1.61. The molecule has 0 aliphatic rings. The highest BCUT2D eigenvalue weighted by molar-refractivity contribution is 5.74. The fourth-order valence-corrected chi connectivity index (χ4v) is 2.75. The third-order valence-electron chi connectivity index (χ3n) is 4.25. The summed E-state index contributed by atoms with van der Waals surface area (Å²) < 4.78 is 41.5. The van der Waals surface area contributed by atoms with Crippen molar-refractivity contribution in [3.63, 3.8) is 0 Å². The van der Waals surface area contributed by atoms with Crippen molar-refractivity contribution >= 4 is 6.03 Å². The van der Waals surface area contributed by atoms with Gasteiger partial charge in [-0.15, -0.1) is 0 Å². The van der Waals surface area contributed by atoms with E-state index in [1.54, 1.807) is 10.9 Å². The van der Waals surface area contributed by atoms with Gasteiger partial charge in [0, 0.05) is 12.7 Å². The van der Waals surface area contributed by atoms with Gasteiger partial charge in [-0.1, -0.05) is 18.2 Å². The number of nitrogens with one attached hydrogen (secondary N) is 2. The molecule has 1 unspecified atom stereocenters. The van der Waals surface area contributed by atoms with E-state index in [2.05, 4.69) is 15.7 Å². The molecule has 0 fully saturated rings. The molecule has 0 saturated carbocycles. The zero-order chi connectivity index (χ0) is 20.8. The number of halogens is 3. The minimum absolute atomic E-state index is 0.0804. The van der Waals surface area contributed by atoms with Crippen LogP contribution in [0.3, 0.4) is 0 Å². The van der Waals surface area contributed by atoms with Crippen molar-refractivity contribution < 1.29 is 23.1 Å². The summed E-state index contributed by atoms with van der Waals surface area (Å²) in [5.41, 5.74) is 1.73. The van der Waals surface area contributed by atoms with Gasteiger partial charge in [0.25, 0.3) is 0 Å². The van der Waals surface area contributed by atoms with Crippen molar-refractivity contribution in [2.24, 2.45) is 0 Å². The molecular formula is C20H19F3N4O2. The zero-order valence-electron chi connectivity index (χ0n) is 15.3. The number of amides is 2. The number of aliphatic hydroxyl groups excluding tert-OH is 1. The lowest BCUT2D eigenvalue weighted by Gasteiger charge is -2.17. The number of urea groups is 1. The highest BCUT2D eigenvalue weighted by atomic mass is 19.2. The Bertz CT molecular complexity index is 956. The third kappa shape index (κ3) is 5.14. The van der Waals surface area contributed by atoms with Crippen LogP contribution in [0, 0.1) is 17.5 Å². The fourth-order valence-electron chi connectivity index (χ4n) is 2.75. The van der Waals surface area contributed by atoms with Crippen LogP contribution in [0.4, 0.5) is 18.0 Å². The van der Waals surface area contributed by atoms with Crippen LogP contribution in [-0.4, -0.2) is 34.1 Å². The third-order valence-corrected chi connectivity index (χ3v) is 4.25. The van der Waals surface area contributed by atoms with Crippen LogP contribution in [0.25, 0.3) is 5.69 Å². The standard InChI is InChI=1S/C20H19F3N4O2/c21-16-8-14(9-17(22)19(16)23)18(12-28)26-20(29)24-7-6-13-10-25-27(11-13)15-4-2-1-3-5-15/h1-5,8-11,18,28H,6-7,12H2,(H2,24,26,29). The molecule has 9 heteroatoms. The van der Waals surface area contributed by atoms with Crippen LogP contribution in [0.1, 0.15) is 17.2 Å². The molecule has 1 atom stereocenters. The zero-order valence-corrected chi connectivity index (χ0v) is 15.3. The topological polar surface area (TPSA) is 79.2 Å². The van der Waals surface area contributed by atoms with E-state index in [4.69, 9.17) is 0 Å². The molecule has 0 aliphatic heterocycles. The second-order valence-electron chi connectivity index (χ2n) is 6.31. The normalized spacial score (nSPS) is 11.9. The SMILES string of the molecule is O=C(NCCc1cnn(-c2ccccc2)c1)NC(CO)c1cc(F)c(F)c(F)c1. The van der Waals surface area contributed by atoms with Crippen molar-refractivity contribution in [3.05, 3.63) is 83.4 Å². The van der Waals surface area contributed by atoms with E-state index in [-0.39, 0.29) is 12.1 Å². The maximum atomic E-state index is 13.4. The lowest BCUT2D eigenvalue weighted by atomic mass is 10.1. The van der Waals surface area contributed by atoms with E-state index in [1.165, 1.54) is 0 Å². The molecule has 1 aromatic heterocycles. The summed E-state index contributed by atoms with van der Waals surface area (Å²) in [4.78, 5) is 12.0. The first-order chi connectivity index (χ1) is 14.0. The van der Waals surface area contributed by atoms with Gasteiger partial charge >= 0.3 is 6.03 Å². The van der Waals surface area contributed by atoms with Gasteiger partial charge in [-0.05, 0) is 41.8 Å². The Morgan fingerprint density at radius 3 is 2.48 bits per heavy atom. The van der Waals surface area contributed by atoms with E-state index in [1.807, 2.05) is 36.5 Å². The number of hydrogen-bond acceptors (Lipinski definition) is 3. The molecule has 29 heavy (non-hydrogen) atoms. The molecule has 0 aliphatic carbocycles. The second-order valence-corrected chi connectivity index (χ2v) is 6.31. The maximum absolute atomic E-state index is 13.4. The minimum Gasteiger partial charge on any atom is -0.394 e. The van der Waals surface area contributed by atoms with Crippen LogP contribution >= 0.6 is 0 Å². The molecular weight excluding hydrogens is 385 g/mol. The molecule has 2 amide bonds. The summed E-state index contributed by atoms with van der Waals surface area (Å²) in [6.07, 6.45) is 4.03. The van der Waals surface area contributed by atoms with Crippen LogP contribution < -0.4 is 10.6 Å². The molecule has 1 heterocycles.